The highest BCUT2D eigenvalue weighted by atomic mass is 19.1. The van der Waals surface area contributed by atoms with Crippen molar-refractivity contribution in [3.8, 4) is 22.7 Å². The van der Waals surface area contributed by atoms with Gasteiger partial charge in [-0.25, -0.2) is 9.37 Å². The lowest BCUT2D eigenvalue weighted by atomic mass is 10.1. The van der Waals surface area contributed by atoms with Crippen molar-refractivity contribution < 1.29 is 18.7 Å². The molecule has 3 aromatic carbocycles. The van der Waals surface area contributed by atoms with Gasteiger partial charge in [0.05, 0.1) is 12.8 Å². The molecule has 1 aliphatic carbocycles. The second kappa shape index (κ2) is 10.7. The number of methoxy groups -OCH3 is 1. The SMILES string of the molecule is COc1cccc(C(=O)N(CC(=O)Nc2nc(-c3ccccc3)cn2-c2ccc(F)cc2)CC2CC2)c1. The zero-order valence-electron chi connectivity index (χ0n) is 20.4. The third-order valence-electron chi connectivity index (χ3n) is 6.25. The molecule has 7 nitrogen and oxygen atoms in total. The lowest BCUT2D eigenvalue weighted by molar-refractivity contribution is -0.117. The summed E-state index contributed by atoms with van der Waals surface area (Å²) in [5.41, 5.74) is 2.64. The summed E-state index contributed by atoms with van der Waals surface area (Å²) in [6, 6.07) is 22.4. The average Bonchev–Trinajstić information content (AvgIpc) is 3.65. The van der Waals surface area contributed by atoms with Crippen LogP contribution in [0, 0.1) is 11.7 Å². The van der Waals surface area contributed by atoms with Crippen LogP contribution in [0.1, 0.15) is 23.2 Å². The minimum Gasteiger partial charge on any atom is -0.497 e. The van der Waals surface area contributed by atoms with Crippen LogP contribution in [-0.2, 0) is 4.79 Å². The van der Waals surface area contributed by atoms with E-state index < -0.39 is 0 Å². The summed E-state index contributed by atoms with van der Waals surface area (Å²) < 4.78 is 20.5. The molecule has 8 heteroatoms. The number of halogens is 1. The summed E-state index contributed by atoms with van der Waals surface area (Å²) in [7, 11) is 1.55. The molecule has 5 rings (SSSR count). The Morgan fingerprint density at radius 3 is 2.51 bits per heavy atom. The highest BCUT2D eigenvalue weighted by Crippen LogP contribution is 2.30. The van der Waals surface area contributed by atoms with Gasteiger partial charge < -0.3 is 9.64 Å². The van der Waals surface area contributed by atoms with E-state index in [4.69, 9.17) is 4.74 Å². The van der Waals surface area contributed by atoms with E-state index in [1.54, 1.807) is 59.2 Å². The van der Waals surface area contributed by atoms with Crippen molar-refractivity contribution in [2.45, 2.75) is 12.8 Å². The first-order chi connectivity index (χ1) is 18.0. The molecule has 0 radical (unpaired) electrons. The van der Waals surface area contributed by atoms with E-state index in [1.807, 2.05) is 30.3 Å². The number of hydrogen-bond donors (Lipinski definition) is 1. The second-order valence-corrected chi connectivity index (χ2v) is 9.07. The van der Waals surface area contributed by atoms with Crippen LogP contribution in [0.2, 0.25) is 0 Å². The molecule has 0 saturated heterocycles. The van der Waals surface area contributed by atoms with Gasteiger partial charge in [0, 0.05) is 29.6 Å². The molecule has 1 fully saturated rings. The number of hydrogen-bond acceptors (Lipinski definition) is 4. The van der Waals surface area contributed by atoms with E-state index >= 15 is 0 Å². The Balaban J connectivity index is 1.40. The van der Waals surface area contributed by atoms with Crippen molar-refractivity contribution >= 4 is 17.8 Å². The number of nitrogens with zero attached hydrogens (tertiary/aromatic N) is 3. The number of benzene rings is 3. The molecule has 0 spiro atoms. The van der Waals surface area contributed by atoms with Gasteiger partial charge in [0.2, 0.25) is 11.9 Å². The van der Waals surface area contributed by atoms with Crippen molar-refractivity contribution in [2.75, 3.05) is 25.5 Å². The molecule has 1 saturated carbocycles. The Kier molecular flexibility index (Phi) is 6.98. The highest BCUT2D eigenvalue weighted by molar-refractivity contribution is 5.99. The first-order valence-electron chi connectivity index (χ1n) is 12.1. The van der Waals surface area contributed by atoms with Gasteiger partial charge in [0.25, 0.3) is 5.91 Å². The summed E-state index contributed by atoms with van der Waals surface area (Å²) in [5, 5.41) is 2.87. The third kappa shape index (κ3) is 5.86. The first-order valence-corrected chi connectivity index (χ1v) is 12.1. The second-order valence-electron chi connectivity index (χ2n) is 9.07. The Labute approximate surface area is 214 Å². The molecule has 1 N–H and O–H groups in total. The van der Waals surface area contributed by atoms with E-state index in [1.165, 1.54) is 12.1 Å². The predicted octanol–water partition coefficient (Wildman–Crippen LogP) is 5.18. The molecule has 1 aliphatic rings. The van der Waals surface area contributed by atoms with Gasteiger partial charge in [-0.05, 0) is 61.2 Å². The number of ether oxygens (including phenoxy) is 1. The number of anilines is 1. The van der Waals surface area contributed by atoms with E-state index in [0.29, 0.717) is 35.2 Å². The normalized spacial score (nSPS) is 12.7. The summed E-state index contributed by atoms with van der Waals surface area (Å²) in [6.45, 7) is 0.384. The van der Waals surface area contributed by atoms with E-state index in [9.17, 15) is 14.0 Å². The van der Waals surface area contributed by atoms with E-state index in [0.717, 1.165) is 18.4 Å². The van der Waals surface area contributed by atoms with Crippen LogP contribution in [0.3, 0.4) is 0 Å². The van der Waals surface area contributed by atoms with Gasteiger partial charge in [-0.3, -0.25) is 19.5 Å². The Morgan fingerprint density at radius 2 is 1.81 bits per heavy atom. The highest BCUT2D eigenvalue weighted by Gasteiger charge is 2.29. The maximum Gasteiger partial charge on any atom is 0.254 e. The fourth-order valence-electron chi connectivity index (χ4n) is 4.12. The minimum atomic E-state index is -0.370. The van der Waals surface area contributed by atoms with Crippen LogP contribution in [0.15, 0.2) is 85.1 Å². The number of carbonyl (C=O) groups excluding carboxylic acids is 2. The van der Waals surface area contributed by atoms with Gasteiger partial charge in [-0.2, -0.15) is 0 Å². The third-order valence-corrected chi connectivity index (χ3v) is 6.25. The number of carbonyl (C=O) groups is 2. The lowest BCUT2D eigenvalue weighted by Gasteiger charge is -2.22. The van der Waals surface area contributed by atoms with Crippen molar-refractivity contribution in [1.82, 2.24) is 14.5 Å². The maximum atomic E-state index is 13.6. The summed E-state index contributed by atoms with van der Waals surface area (Å²) in [4.78, 5) is 32.7. The number of amides is 2. The van der Waals surface area contributed by atoms with Crippen molar-refractivity contribution in [3.63, 3.8) is 0 Å². The predicted molar refractivity (Wildman–Crippen MR) is 139 cm³/mol. The standard InChI is InChI=1S/C29H27FN4O3/c1-37-25-9-5-8-22(16-25)28(36)33(17-20-10-11-20)19-27(35)32-29-31-26(21-6-3-2-4-7-21)18-34(29)24-14-12-23(30)13-15-24/h2-9,12-16,18,20H,10-11,17,19H2,1H3,(H,31,32,35). The minimum absolute atomic E-state index is 0.122. The monoisotopic (exact) mass is 498 g/mol. The number of nitrogens with one attached hydrogen (secondary N) is 1. The molecule has 188 valence electrons. The Hall–Kier alpha value is -4.46. The molecule has 2 amide bonds. The van der Waals surface area contributed by atoms with Gasteiger partial charge in [-0.1, -0.05) is 36.4 Å². The van der Waals surface area contributed by atoms with Gasteiger partial charge in [-0.15, -0.1) is 0 Å². The van der Waals surface area contributed by atoms with Gasteiger partial charge >= 0.3 is 0 Å². The van der Waals surface area contributed by atoms with Crippen molar-refractivity contribution in [1.29, 1.82) is 0 Å². The Bertz CT molecular complexity index is 1400. The van der Waals surface area contributed by atoms with Gasteiger partial charge in [0.1, 0.15) is 18.1 Å². The molecule has 1 heterocycles. The zero-order valence-corrected chi connectivity index (χ0v) is 20.4. The lowest BCUT2D eigenvalue weighted by Crippen LogP contribution is -2.39. The molecule has 0 atom stereocenters. The molecule has 0 bridgehead atoms. The number of imidazole rings is 1. The zero-order chi connectivity index (χ0) is 25.8. The Morgan fingerprint density at radius 1 is 1.05 bits per heavy atom. The molecule has 1 aromatic heterocycles. The van der Waals surface area contributed by atoms with Crippen molar-refractivity contribution in [3.05, 3.63) is 96.4 Å². The molecular formula is C29H27FN4O3. The van der Waals surface area contributed by atoms with Crippen LogP contribution in [-0.4, -0.2) is 46.5 Å². The fraction of sp³-hybridized carbons (Fsp3) is 0.207. The topological polar surface area (TPSA) is 76.5 Å². The molecular weight excluding hydrogens is 471 g/mol. The molecule has 4 aromatic rings. The molecule has 0 unspecified atom stereocenters. The van der Waals surface area contributed by atoms with Crippen LogP contribution in [0.5, 0.6) is 5.75 Å². The summed E-state index contributed by atoms with van der Waals surface area (Å²) >= 11 is 0. The first kappa shape index (κ1) is 24.2. The summed E-state index contributed by atoms with van der Waals surface area (Å²) in [6.07, 6.45) is 3.87. The van der Waals surface area contributed by atoms with Crippen LogP contribution in [0.4, 0.5) is 10.3 Å². The summed E-state index contributed by atoms with van der Waals surface area (Å²) in [5.74, 6) is 0.308. The van der Waals surface area contributed by atoms with Crippen LogP contribution in [0.25, 0.3) is 16.9 Å². The number of rotatable bonds is 9. The van der Waals surface area contributed by atoms with Crippen molar-refractivity contribution in [2.24, 2.45) is 5.92 Å². The molecule has 0 aliphatic heterocycles. The van der Waals surface area contributed by atoms with Crippen LogP contribution < -0.4 is 10.1 Å². The molecule has 37 heavy (non-hydrogen) atoms. The van der Waals surface area contributed by atoms with Gasteiger partial charge in [0.15, 0.2) is 0 Å². The largest absolute Gasteiger partial charge is 0.497 e. The van der Waals surface area contributed by atoms with E-state index in [2.05, 4.69) is 10.3 Å². The smallest absolute Gasteiger partial charge is 0.254 e. The number of aromatic nitrogens is 2. The quantitative estimate of drug-likeness (QED) is 0.345. The fourth-order valence-corrected chi connectivity index (χ4v) is 4.12. The average molecular weight is 499 g/mol. The van der Waals surface area contributed by atoms with E-state index in [-0.39, 0.29) is 30.1 Å². The van der Waals surface area contributed by atoms with Crippen LogP contribution >= 0.6 is 0 Å². The maximum absolute atomic E-state index is 13.6.